The Bertz CT molecular complexity index is 546. The van der Waals surface area contributed by atoms with E-state index in [0.717, 1.165) is 19.4 Å². The second kappa shape index (κ2) is 6.48. The number of piperazine rings is 1. The van der Waals surface area contributed by atoms with Gasteiger partial charge in [0.25, 0.3) is 5.91 Å². The van der Waals surface area contributed by atoms with Crippen LogP contribution in [0.4, 0.5) is 0 Å². The summed E-state index contributed by atoms with van der Waals surface area (Å²) < 4.78 is 0. The van der Waals surface area contributed by atoms with E-state index in [1.54, 1.807) is 4.90 Å². The molecular weight excluding hydrogens is 278 g/mol. The van der Waals surface area contributed by atoms with Crippen LogP contribution in [-0.2, 0) is 4.79 Å². The van der Waals surface area contributed by atoms with Gasteiger partial charge in [0, 0.05) is 37.8 Å². The Morgan fingerprint density at radius 2 is 1.95 bits per heavy atom. The summed E-state index contributed by atoms with van der Waals surface area (Å²) in [6.45, 7) is 4.70. The summed E-state index contributed by atoms with van der Waals surface area (Å²) in [6.07, 6.45) is 2.15. The van der Waals surface area contributed by atoms with Gasteiger partial charge in [0.1, 0.15) is 6.04 Å². The maximum atomic E-state index is 12.6. The number of benzene rings is 1. The number of carbonyl (C=O) groups excluding carboxylic acids is 2. The Labute approximate surface area is 131 Å². The highest BCUT2D eigenvalue weighted by Gasteiger charge is 2.34. The van der Waals surface area contributed by atoms with Gasteiger partial charge in [-0.15, -0.1) is 0 Å². The van der Waals surface area contributed by atoms with Crippen LogP contribution >= 0.6 is 0 Å². The first kappa shape index (κ1) is 15.0. The van der Waals surface area contributed by atoms with Gasteiger partial charge in [-0.25, -0.2) is 0 Å². The van der Waals surface area contributed by atoms with Gasteiger partial charge in [-0.1, -0.05) is 18.2 Å². The van der Waals surface area contributed by atoms with Crippen LogP contribution in [0.25, 0.3) is 0 Å². The van der Waals surface area contributed by atoms with Gasteiger partial charge in [-0.3, -0.25) is 9.59 Å². The summed E-state index contributed by atoms with van der Waals surface area (Å²) in [5.74, 6) is 0.143. The topological polar surface area (TPSA) is 52.7 Å². The lowest BCUT2D eigenvalue weighted by Crippen LogP contribution is -2.59. The van der Waals surface area contributed by atoms with Gasteiger partial charge in [0.15, 0.2) is 0 Å². The highest BCUT2D eigenvalue weighted by atomic mass is 16.2. The third-order valence-corrected chi connectivity index (χ3v) is 4.62. The molecule has 2 amide bonds. The fraction of sp³-hybridized carbons (Fsp3) is 0.529. The number of likely N-dealkylation sites (tertiary alicyclic amines) is 1. The molecule has 5 heteroatoms. The Morgan fingerprint density at radius 1 is 1.18 bits per heavy atom. The van der Waals surface area contributed by atoms with Crippen LogP contribution in [-0.4, -0.2) is 59.9 Å². The molecule has 2 aliphatic rings. The number of hydrogen-bond acceptors (Lipinski definition) is 3. The van der Waals surface area contributed by atoms with Crippen molar-refractivity contribution in [1.82, 2.24) is 15.1 Å². The predicted molar refractivity (Wildman–Crippen MR) is 84.5 cm³/mol. The van der Waals surface area contributed by atoms with Crippen molar-refractivity contribution in [1.29, 1.82) is 0 Å². The summed E-state index contributed by atoms with van der Waals surface area (Å²) in [4.78, 5) is 28.9. The first-order chi connectivity index (χ1) is 10.7. The average Bonchev–Trinajstić information content (AvgIpc) is 3.00. The first-order valence-electron chi connectivity index (χ1n) is 8.05. The molecule has 2 aliphatic heterocycles. The predicted octanol–water partition coefficient (Wildman–Crippen LogP) is 1.11. The molecule has 5 nitrogen and oxygen atoms in total. The van der Waals surface area contributed by atoms with Gasteiger partial charge in [0.05, 0.1) is 0 Å². The normalized spacial score (nSPS) is 25.3. The average molecular weight is 301 g/mol. The lowest BCUT2D eigenvalue weighted by molar-refractivity contribution is -0.134. The molecule has 1 aromatic carbocycles. The Balaban J connectivity index is 1.66. The molecule has 2 atom stereocenters. The van der Waals surface area contributed by atoms with Crippen molar-refractivity contribution in [3.8, 4) is 0 Å². The fourth-order valence-electron chi connectivity index (χ4n) is 3.32. The number of rotatable bonds is 2. The molecule has 0 aliphatic carbocycles. The third kappa shape index (κ3) is 2.99. The van der Waals surface area contributed by atoms with Crippen molar-refractivity contribution >= 4 is 11.8 Å². The second-order valence-electron chi connectivity index (χ2n) is 6.15. The number of carbonyl (C=O) groups is 2. The first-order valence-corrected chi connectivity index (χ1v) is 8.05. The number of amides is 2. The Kier molecular flexibility index (Phi) is 4.43. The van der Waals surface area contributed by atoms with Gasteiger partial charge in [-0.2, -0.15) is 0 Å². The van der Waals surface area contributed by atoms with Crippen LogP contribution in [0.15, 0.2) is 30.3 Å². The molecule has 0 bridgehead atoms. The van der Waals surface area contributed by atoms with E-state index >= 15 is 0 Å². The van der Waals surface area contributed by atoms with E-state index in [-0.39, 0.29) is 17.9 Å². The SMILES string of the molecule is C[C@@H]1CCCN1C(=O)[C@H]1CN(C(=O)c2ccccc2)CCN1. The van der Waals surface area contributed by atoms with Crippen molar-refractivity contribution < 1.29 is 9.59 Å². The lowest BCUT2D eigenvalue weighted by Gasteiger charge is -2.35. The van der Waals surface area contributed by atoms with E-state index in [0.29, 0.717) is 31.2 Å². The zero-order chi connectivity index (χ0) is 15.5. The van der Waals surface area contributed by atoms with E-state index in [9.17, 15) is 9.59 Å². The van der Waals surface area contributed by atoms with Crippen molar-refractivity contribution in [2.75, 3.05) is 26.2 Å². The van der Waals surface area contributed by atoms with Crippen LogP contribution in [0.1, 0.15) is 30.1 Å². The Hall–Kier alpha value is -1.88. The quantitative estimate of drug-likeness (QED) is 0.890. The molecule has 0 radical (unpaired) electrons. The number of nitrogens with zero attached hydrogens (tertiary/aromatic N) is 2. The molecule has 2 fully saturated rings. The zero-order valence-corrected chi connectivity index (χ0v) is 13.0. The van der Waals surface area contributed by atoms with E-state index in [1.165, 1.54) is 0 Å². The molecule has 1 aromatic rings. The molecule has 1 N–H and O–H groups in total. The molecular formula is C17H23N3O2. The molecule has 0 aromatic heterocycles. The number of hydrogen-bond donors (Lipinski definition) is 1. The van der Waals surface area contributed by atoms with Crippen LogP contribution in [0.3, 0.4) is 0 Å². The van der Waals surface area contributed by atoms with Crippen LogP contribution < -0.4 is 5.32 Å². The highest BCUT2D eigenvalue weighted by Crippen LogP contribution is 2.18. The van der Waals surface area contributed by atoms with Gasteiger partial charge in [-0.05, 0) is 31.9 Å². The summed E-state index contributed by atoms with van der Waals surface area (Å²) in [5, 5.41) is 3.27. The third-order valence-electron chi connectivity index (χ3n) is 4.62. The molecule has 2 saturated heterocycles. The summed E-state index contributed by atoms with van der Waals surface area (Å²) in [7, 11) is 0. The molecule has 3 rings (SSSR count). The van der Waals surface area contributed by atoms with Crippen molar-refractivity contribution in [3.63, 3.8) is 0 Å². The minimum atomic E-state index is -0.276. The second-order valence-corrected chi connectivity index (χ2v) is 6.15. The Morgan fingerprint density at radius 3 is 2.64 bits per heavy atom. The van der Waals surface area contributed by atoms with Crippen molar-refractivity contribution in [3.05, 3.63) is 35.9 Å². The van der Waals surface area contributed by atoms with E-state index in [1.807, 2.05) is 35.2 Å². The maximum absolute atomic E-state index is 12.6. The van der Waals surface area contributed by atoms with Gasteiger partial charge >= 0.3 is 0 Å². The fourth-order valence-corrected chi connectivity index (χ4v) is 3.32. The standard InChI is InChI=1S/C17H23N3O2/c1-13-6-5-10-20(13)17(22)15-12-19(11-9-18-15)16(21)14-7-3-2-4-8-14/h2-4,7-8,13,15,18H,5-6,9-12H2,1H3/t13-,15-/m1/s1. The highest BCUT2D eigenvalue weighted by molar-refractivity contribution is 5.95. The smallest absolute Gasteiger partial charge is 0.253 e. The van der Waals surface area contributed by atoms with Crippen molar-refractivity contribution in [2.45, 2.75) is 31.8 Å². The van der Waals surface area contributed by atoms with Gasteiger partial charge < -0.3 is 15.1 Å². The molecule has 0 unspecified atom stereocenters. The summed E-state index contributed by atoms with van der Waals surface area (Å²) in [6, 6.07) is 9.31. The summed E-state index contributed by atoms with van der Waals surface area (Å²) in [5.41, 5.74) is 0.685. The van der Waals surface area contributed by atoms with E-state index in [2.05, 4.69) is 12.2 Å². The van der Waals surface area contributed by atoms with Crippen LogP contribution in [0.5, 0.6) is 0 Å². The van der Waals surface area contributed by atoms with Crippen LogP contribution in [0, 0.1) is 0 Å². The minimum Gasteiger partial charge on any atom is -0.339 e. The molecule has 118 valence electrons. The van der Waals surface area contributed by atoms with Crippen molar-refractivity contribution in [2.24, 2.45) is 0 Å². The zero-order valence-electron chi connectivity index (χ0n) is 13.0. The monoisotopic (exact) mass is 301 g/mol. The van der Waals surface area contributed by atoms with E-state index in [4.69, 9.17) is 0 Å². The molecule has 0 spiro atoms. The van der Waals surface area contributed by atoms with Crippen LogP contribution in [0.2, 0.25) is 0 Å². The largest absolute Gasteiger partial charge is 0.339 e. The summed E-state index contributed by atoms with van der Waals surface area (Å²) >= 11 is 0. The molecule has 0 saturated carbocycles. The lowest BCUT2D eigenvalue weighted by atomic mass is 10.1. The van der Waals surface area contributed by atoms with Gasteiger partial charge in [0.2, 0.25) is 5.91 Å². The number of nitrogens with one attached hydrogen (secondary N) is 1. The van der Waals surface area contributed by atoms with E-state index < -0.39 is 0 Å². The minimum absolute atomic E-state index is 0.00868. The molecule has 22 heavy (non-hydrogen) atoms. The molecule has 2 heterocycles. The maximum Gasteiger partial charge on any atom is 0.253 e.